The SMILES string of the molecule is CCC(C)[C@H](N)c1nc(-c2ccc(Cl)cn2)no1. The van der Waals surface area contributed by atoms with Gasteiger partial charge in [0, 0.05) is 6.20 Å². The van der Waals surface area contributed by atoms with E-state index in [-0.39, 0.29) is 12.0 Å². The van der Waals surface area contributed by atoms with Crippen LogP contribution >= 0.6 is 11.6 Å². The second kappa shape index (κ2) is 5.46. The highest BCUT2D eigenvalue weighted by Crippen LogP contribution is 2.22. The average molecular weight is 267 g/mol. The molecule has 2 aromatic rings. The predicted octanol–water partition coefficient (Wildman–Crippen LogP) is 2.83. The molecule has 2 atom stereocenters. The molecule has 2 heterocycles. The second-order valence-corrected chi connectivity index (χ2v) is 4.67. The largest absolute Gasteiger partial charge is 0.337 e. The van der Waals surface area contributed by atoms with Crippen molar-refractivity contribution in [3.63, 3.8) is 0 Å². The van der Waals surface area contributed by atoms with Gasteiger partial charge in [-0.3, -0.25) is 4.98 Å². The lowest BCUT2D eigenvalue weighted by molar-refractivity contribution is 0.312. The first kappa shape index (κ1) is 13.0. The van der Waals surface area contributed by atoms with Gasteiger partial charge >= 0.3 is 0 Å². The first-order valence-electron chi connectivity index (χ1n) is 5.83. The van der Waals surface area contributed by atoms with E-state index in [1.165, 1.54) is 0 Å². The Bertz CT molecular complexity index is 511. The molecule has 6 heteroatoms. The summed E-state index contributed by atoms with van der Waals surface area (Å²) in [7, 11) is 0. The maximum absolute atomic E-state index is 6.03. The summed E-state index contributed by atoms with van der Waals surface area (Å²) in [6, 6.07) is 3.23. The van der Waals surface area contributed by atoms with E-state index in [0.717, 1.165) is 6.42 Å². The Morgan fingerprint density at radius 1 is 1.44 bits per heavy atom. The fourth-order valence-corrected chi connectivity index (χ4v) is 1.59. The number of halogens is 1. The maximum Gasteiger partial charge on any atom is 0.244 e. The summed E-state index contributed by atoms with van der Waals surface area (Å²) in [5.41, 5.74) is 6.64. The number of nitrogens with zero attached hydrogens (tertiary/aromatic N) is 3. The molecule has 2 N–H and O–H groups in total. The van der Waals surface area contributed by atoms with E-state index >= 15 is 0 Å². The first-order valence-corrected chi connectivity index (χ1v) is 6.20. The van der Waals surface area contributed by atoms with Gasteiger partial charge in [-0.15, -0.1) is 0 Å². The van der Waals surface area contributed by atoms with Crippen LogP contribution in [-0.4, -0.2) is 15.1 Å². The number of nitrogens with two attached hydrogens (primary N) is 1. The third-order valence-electron chi connectivity index (χ3n) is 2.94. The summed E-state index contributed by atoms with van der Waals surface area (Å²) in [6.45, 7) is 4.12. The van der Waals surface area contributed by atoms with Gasteiger partial charge < -0.3 is 10.3 Å². The number of hydrogen-bond acceptors (Lipinski definition) is 5. The second-order valence-electron chi connectivity index (χ2n) is 4.23. The van der Waals surface area contributed by atoms with Crippen LogP contribution in [0.5, 0.6) is 0 Å². The molecule has 2 aromatic heterocycles. The Kier molecular flexibility index (Phi) is 3.93. The summed E-state index contributed by atoms with van der Waals surface area (Å²) in [5, 5.41) is 4.45. The van der Waals surface area contributed by atoms with E-state index < -0.39 is 0 Å². The van der Waals surface area contributed by atoms with E-state index in [0.29, 0.717) is 22.4 Å². The van der Waals surface area contributed by atoms with Crippen molar-refractivity contribution in [1.82, 2.24) is 15.1 Å². The summed E-state index contributed by atoms with van der Waals surface area (Å²) in [5.74, 6) is 1.16. The van der Waals surface area contributed by atoms with E-state index in [4.69, 9.17) is 21.9 Å². The van der Waals surface area contributed by atoms with Crippen LogP contribution in [0.15, 0.2) is 22.9 Å². The lowest BCUT2D eigenvalue weighted by atomic mass is 10.0. The van der Waals surface area contributed by atoms with Crippen LogP contribution < -0.4 is 5.73 Å². The van der Waals surface area contributed by atoms with Crippen molar-refractivity contribution >= 4 is 11.6 Å². The third kappa shape index (κ3) is 2.68. The van der Waals surface area contributed by atoms with Crippen molar-refractivity contribution in [2.75, 3.05) is 0 Å². The zero-order valence-electron chi connectivity index (χ0n) is 10.3. The smallest absolute Gasteiger partial charge is 0.244 e. The molecule has 0 amide bonds. The number of hydrogen-bond donors (Lipinski definition) is 1. The highest BCUT2D eigenvalue weighted by Gasteiger charge is 2.20. The van der Waals surface area contributed by atoms with Crippen LogP contribution in [-0.2, 0) is 0 Å². The van der Waals surface area contributed by atoms with Gasteiger partial charge in [-0.1, -0.05) is 37.0 Å². The maximum atomic E-state index is 6.03. The Labute approximate surface area is 110 Å². The molecular formula is C12H15ClN4O. The van der Waals surface area contributed by atoms with Crippen LogP contribution in [0.1, 0.15) is 32.2 Å². The van der Waals surface area contributed by atoms with Crippen molar-refractivity contribution in [3.05, 3.63) is 29.2 Å². The molecule has 0 fully saturated rings. The van der Waals surface area contributed by atoms with Gasteiger partial charge in [-0.2, -0.15) is 4.98 Å². The van der Waals surface area contributed by atoms with Crippen LogP contribution in [0.4, 0.5) is 0 Å². The molecule has 0 aliphatic rings. The van der Waals surface area contributed by atoms with Crippen molar-refractivity contribution < 1.29 is 4.52 Å². The molecule has 0 aliphatic carbocycles. The summed E-state index contributed by atoms with van der Waals surface area (Å²) in [4.78, 5) is 8.40. The Balaban J connectivity index is 2.22. The first-order chi connectivity index (χ1) is 8.61. The van der Waals surface area contributed by atoms with Gasteiger partial charge in [0.1, 0.15) is 5.69 Å². The zero-order valence-corrected chi connectivity index (χ0v) is 11.1. The molecule has 0 aliphatic heterocycles. The monoisotopic (exact) mass is 266 g/mol. The van der Waals surface area contributed by atoms with Gasteiger partial charge in [0.15, 0.2) is 0 Å². The Morgan fingerprint density at radius 3 is 2.83 bits per heavy atom. The molecule has 0 radical (unpaired) electrons. The lowest BCUT2D eigenvalue weighted by Crippen LogP contribution is -2.18. The van der Waals surface area contributed by atoms with Crippen LogP contribution in [0.3, 0.4) is 0 Å². The van der Waals surface area contributed by atoms with E-state index in [2.05, 4.69) is 29.0 Å². The molecule has 96 valence electrons. The summed E-state index contributed by atoms with van der Waals surface area (Å²) < 4.78 is 5.17. The molecule has 0 saturated carbocycles. The average Bonchev–Trinajstić information content (AvgIpc) is 2.87. The minimum absolute atomic E-state index is 0.247. The fourth-order valence-electron chi connectivity index (χ4n) is 1.48. The highest BCUT2D eigenvalue weighted by molar-refractivity contribution is 6.30. The molecule has 0 bridgehead atoms. The van der Waals surface area contributed by atoms with E-state index in [1.807, 2.05) is 0 Å². The van der Waals surface area contributed by atoms with Gasteiger partial charge in [0.25, 0.3) is 0 Å². The predicted molar refractivity (Wildman–Crippen MR) is 68.9 cm³/mol. The lowest BCUT2D eigenvalue weighted by Gasteiger charge is -2.12. The third-order valence-corrected chi connectivity index (χ3v) is 3.16. The fraction of sp³-hybridized carbons (Fsp3) is 0.417. The Hall–Kier alpha value is -1.46. The quantitative estimate of drug-likeness (QED) is 0.921. The molecule has 0 spiro atoms. The summed E-state index contributed by atoms with van der Waals surface area (Å²) >= 11 is 5.77. The van der Waals surface area contributed by atoms with E-state index in [1.54, 1.807) is 18.3 Å². The molecule has 0 saturated heterocycles. The van der Waals surface area contributed by atoms with Crippen molar-refractivity contribution in [3.8, 4) is 11.5 Å². The summed E-state index contributed by atoms with van der Waals surface area (Å²) in [6.07, 6.45) is 2.50. The van der Waals surface area contributed by atoms with Crippen LogP contribution in [0, 0.1) is 5.92 Å². The minimum atomic E-state index is -0.247. The van der Waals surface area contributed by atoms with Gasteiger partial charge in [0.05, 0.1) is 11.1 Å². The number of pyridine rings is 1. The van der Waals surface area contributed by atoms with Crippen molar-refractivity contribution in [2.24, 2.45) is 11.7 Å². The molecule has 18 heavy (non-hydrogen) atoms. The molecular weight excluding hydrogens is 252 g/mol. The van der Waals surface area contributed by atoms with Gasteiger partial charge in [-0.05, 0) is 18.1 Å². The van der Waals surface area contributed by atoms with Crippen LogP contribution in [0.2, 0.25) is 5.02 Å². The van der Waals surface area contributed by atoms with Gasteiger partial charge in [0.2, 0.25) is 11.7 Å². The molecule has 0 aromatic carbocycles. The Morgan fingerprint density at radius 2 is 2.22 bits per heavy atom. The number of rotatable bonds is 4. The van der Waals surface area contributed by atoms with E-state index in [9.17, 15) is 0 Å². The topological polar surface area (TPSA) is 77.8 Å². The minimum Gasteiger partial charge on any atom is -0.337 e. The molecule has 2 rings (SSSR count). The molecule has 1 unspecified atom stereocenters. The van der Waals surface area contributed by atoms with Crippen LogP contribution in [0.25, 0.3) is 11.5 Å². The normalized spacial score (nSPS) is 14.4. The number of aromatic nitrogens is 3. The van der Waals surface area contributed by atoms with Gasteiger partial charge in [-0.25, -0.2) is 0 Å². The highest BCUT2D eigenvalue weighted by atomic mass is 35.5. The standard InChI is InChI=1S/C12H15ClN4O/c1-3-7(2)10(14)12-16-11(17-18-12)9-5-4-8(13)6-15-9/h4-7,10H,3,14H2,1-2H3/t7?,10-/m0/s1. The zero-order chi connectivity index (χ0) is 13.1. The molecule has 5 nitrogen and oxygen atoms in total. The van der Waals surface area contributed by atoms with Crippen molar-refractivity contribution in [1.29, 1.82) is 0 Å². The van der Waals surface area contributed by atoms with Crippen molar-refractivity contribution in [2.45, 2.75) is 26.3 Å².